The summed E-state index contributed by atoms with van der Waals surface area (Å²) in [6, 6.07) is 18.8. The third-order valence-electron chi connectivity index (χ3n) is 5.17. The Hall–Kier alpha value is -4.38. The molecule has 4 rings (SSSR count). The largest absolute Gasteiger partial charge is 0.497 e. The van der Waals surface area contributed by atoms with Crippen LogP contribution in [0.3, 0.4) is 0 Å². The second-order valence-electron chi connectivity index (χ2n) is 7.71. The molecule has 0 bridgehead atoms. The first-order valence-corrected chi connectivity index (χ1v) is 12.2. The second-order valence-corrected chi connectivity index (χ2v) is 9.50. The van der Waals surface area contributed by atoms with E-state index in [1.165, 1.54) is 37.4 Å². The molecule has 10 nitrogen and oxygen atoms in total. The maximum absolute atomic E-state index is 12.8. The summed E-state index contributed by atoms with van der Waals surface area (Å²) in [7, 11) is -0.744. The Labute approximate surface area is 208 Å². The van der Waals surface area contributed by atoms with E-state index in [0.29, 0.717) is 28.6 Å². The lowest BCUT2D eigenvalue weighted by molar-refractivity contribution is -0.114. The van der Waals surface area contributed by atoms with Gasteiger partial charge in [-0.1, -0.05) is 17.3 Å². The highest BCUT2D eigenvalue weighted by atomic mass is 32.2. The minimum Gasteiger partial charge on any atom is -0.497 e. The lowest BCUT2D eigenvalue weighted by Gasteiger charge is -2.10. The van der Waals surface area contributed by atoms with Crippen LogP contribution in [0.4, 0.5) is 5.69 Å². The van der Waals surface area contributed by atoms with Crippen LogP contribution in [0.1, 0.15) is 12.6 Å². The number of amides is 1. The average Bonchev–Trinajstić information content (AvgIpc) is 3.37. The van der Waals surface area contributed by atoms with Gasteiger partial charge in [-0.3, -0.25) is 4.79 Å². The number of aromatic nitrogens is 3. The summed E-state index contributed by atoms with van der Waals surface area (Å²) in [6.07, 6.45) is 1.30. The molecule has 1 N–H and O–H groups in total. The maximum Gasteiger partial charge on any atom is 0.284 e. The quantitative estimate of drug-likeness (QED) is 0.363. The molecule has 0 aliphatic carbocycles. The SMILES string of the molecule is COc1cc(OC)cc(-c2ccc(OCc3cn(S(=O)(=O)c4ccc(NC(C)=O)cc4)nn3)cc2)c1. The number of carbonyl (C=O) groups is 1. The third-order valence-corrected chi connectivity index (χ3v) is 6.70. The van der Waals surface area contributed by atoms with E-state index in [1.807, 2.05) is 24.3 Å². The topological polar surface area (TPSA) is 122 Å². The minimum atomic E-state index is -3.94. The zero-order chi connectivity index (χ0) is 25.7. The number of nitrogens with one attached hydrogen (secondary N) is 1. The average molecular weight is 509 g/mol. The van der Waals surface area contributed by atoms with Gasteiger partial charge in [0.2, 0.25) is 5.91 Å². The number of hydrogen-bond acceptors (Lipinski definition) is 8. The van der Waals surface area contributed by atoms with Gasteiger partial charge >= 0.3 is 0 Å². The number of rotatable bonds is 9. The van der Waals surface area contributed by atoms with E-state index >= 15 is 0 Å². The van der Waals surface area contributed by atoms with Gasteiger partial charge in [-0.15, -0.1) is 9.19 Å². The van der Waals surface area contributed by atoms with Crippen LogP contribution in [0.15, 0.2) is 77.8 Å². The smallest absolute Gasteiger partial charge is 0.284 e. The van der Waals surface area contributed by atoms with Crippen LogP contribution >= 0.6 is 0 Å². The fourth-order valence-electron chi connectivity index (χ4n) is 3.36. The van der Waals surface area contributed by atoms with Gasteiger partial charge in [0.25, 0.3) is 10.0 Å². The zero-order valence-electron chi connectivity index (χ0n) is 19.8. The predicted octanol–water partition coefficient (Wildman–Crippen LogP) is 3.74. The lowest BCUT2D eigenvalue weighted by Crippen LogP contribution is -2.14. The number of benzene rings is 3. The molecular formula is C25H24N4O6S. The molecule has 0 atom stereocenters. The van der Waals surface area contributed by atoms with Gasteiger partial charge in [-0.25, -0.2) is 0 Å². The summed E-state index contributed by atoms with van der Waals surface area (Å²) in [5.74, 6) is 1.71. The molecule has 36 heavy (non-hydrogen) atoms. The molecule has 0 saturated carbocycles. The van der Waals surface area contributed by atoms with E-state index in [-0.39, 0.29) is 17.4 Å². The van der Waals surface area contributed by atoms with Crippen LogP contribution in [0, 0.1) is 0 Å². The molecule has 11 heteroatoms. The van der Waals surface area contributed by atoms with E-state index in [4.69, 9.17) is 14.2 Å². The van der Waals surface area contributed by atoms with Crippen molar-refractivity contribution < 1.29 is 27.4 Å². The fraction of sp³-hybridized carbons (Fsp3) is 0.160. The monoisotopic (exact) mass is 508 g/mol. The van der Waals surface area contributed by atoms with Crippen molar-refractivity contribution in [3.05, 3.63) is 78.6 Å². The number of nitrogens with zero attached hydrogens (tertiary/aromatic N) is 3. The number of methoxy groups -OCH3 is 2. The Kier molecular flexibility index (Phi) is 7.20. The maximum atomic E-state index is 12.8. The van der Waals surface area contributed by atoms with Gasteiger partial charge in [0, 0.05) is 18.7 Å². The Balaban J connectivity index is 1.42. The van der Waals surface area contributed by atoms with Gasteiger partial charge < -0.3 is 19.5 Å². The highest BCUT2D eigenvalue weighted by Gasteiger charge is 2.19. The number of anilines is 1. The van der Waals surface area contributed by atoms with Crippen LogP contribution in [-0.4, -0.2) is 42.9 Å². The predicted molar refractivity (Wildman–Crippen MR) is 133 cm³/mol. The van der Waals surface area contributed by atoms with E-state index in [0.717, 1.165) is 15.2 Å². The molecular weight excluding hydrogens is 484 g/mol. The molecule has 4 aromatic rings. The van der Waals surface area contributed by atoms with Gasteiger partial charge in [0.1, 0.15) is 29.5 Å². The molecule has 0 unspecified atom stereocenters. The van der Waals surface area contributed by atoms with Gasteiger partial charge in [-0.2, -0.15) is 8.42 Å². The van der Waals surface area contributed by atoms with Crippen molar-refractivity contribution in [1.82, 2.24) is 14.4 Å². The van der Waals surface area contributed by atoms with Crippen molar-refractivity contribution in [2.24, 2.45) is 0 Å². The molecule has 0 radical (unpaired) electrons. The van der Waals surface area contributed by atoms with Crippen LogP contribution in [0.25, 0.3) is 11.1 Å². The van der Waals surface area contributed by atoms with Gasteiger partial charge in [0.05, 0.1) is 25.3 Å². The van der Waals surface area contributed by atoms with Crippen LogP contribution in [0.2, 0.25) is 0 Å². The molecule has 1 heterocycles. The molecule has 0 saturated heterocycles. The molecule has 186 valence electrons. The highest BCUT2D eigenvalue weighted by Crippen LogP contribution is 2.30. The normalized spacial score (nSPS) is 11.1. The van der Waals surface area contributed by atoms with Crippen molar-refractivity contribution in [3.8, 4) is 28.4 Å². The summed E-state index contributed by atoms with van der Waals surface area (Å²) >= 11 is 0. The number of carbonyl (C=O) groups excluding carboxylic acids is 1. The summed E-state index contributed by atoms with van der Waals surface area (Å²) in [4.78, 5) is 11.2. The van der Waals surface area contributed by atoms with Crippen molar-refractivity contribution in [1.29, 1.82) is 0 Å². The number of ether oxygens (including phenoxy) is 3. The standard InChI is InChI=1S/C25H24N4O6S/c1-17(30)26-20-6-10-25(11-7-20)36(31,32)29-15-21(27-28-29)16-35-22-8-4-18(5-9-22)19-12-23(33-2)14-24(13-19)34-3/h4-15H,16H2,1-3H3,(H,26,30). The molecule has 3 aromatic carbocycles. The van der Waals surface area contributed by atoms with E-state index in [9.17, 15) is 13.2 Å². The third kappa shape index (κ3) is 5.63. The van der Waals surface area contributed by atoms with E-state index < -0.39 is 10.0 Å². The second kappa shape index (κ2) is 10.5. The first-order chi connectivity index (χ1) is 17.3. The molecule has 1 aromatic heterocycles. The van der Waals surface area contributed by atoms with Crippen LogP contribution in [0.5, 0.6) is 17.2 Å². The summed E-state index contributed by atoms with van der Waals surface area (Å²) < 4.78 is 42.9. The van der Waals surface area contributed by atoms with E-state index in [1.54, 1.807) is 32.4 Å². The lowest BCUT2D eigenvalue weighted by atomic mass is 10.0. The van der Waals surface area contributed by atoms with E-state index in [2.05, 4.69) is 15.6 Å². The Morgan fingerprint density at radius 2 is 1.53 bits per heavy atom. The molecule has 1 amide bonds. The van der Waals surface area contributed by atoms with Crippen LogP contribution < -0.4 is 19.5 Å². The molecule has 0 aliphatic rings. The van der Waals surface area contributed by atoms with Gasteiger partial charge in [0.15, 0.2) is 0 Å². The van der Waals surface area contributed by atoms with Crippen molar-refractivity contribution in [2.45, 2.75) is 18.4 Å². The van der Waals surface area contributed by atoms with Crippen LogP contribution in [-0.2, 0) is 21.4 Å². The highest BCUT2D eigenvalue weighted by molar-refractivity contribution is 7.89. The summed E-state index contributed by atoms with van der Waals surface area (Å²) in [5.41, 5.74) is 2.71. The first-order valence-electron chi connectivity index (χ1n) is 10.8. The van der Waals surface area contributed by atoms with Crippen molar-refractivity contribution in [2.75, 3.05) is 19.5 Å². The summed E-state index contributed by atoms with van der Waals surface area (Å²) in [5, 5.41) is 10.2. The van der Waals surface area contributed by atoms with Gasteiger partial charge in [-0.05, 0) is 59.7 Å². The minimum absolute atomic E-state index is 0.0127. The zero-order valence-corrected chi connectivity index (χ0v) is 20.7. The summed E-state index contributed by atoms with van der Waals surface area (Å²) in [6.45, 7) is 1.40. The number of hydrogen-bond donors (Lipinski definition) is 1. The van der Waals surface area contributed by atoms with Crippen molar-refractivity contribution in [3.63, 3.8) is 0 Å². The molecule has 0 aliphatic heterocycles. The fourth-order valence-corrected chi connectivity index (χ4v) is 4.45. The Bertz CT molecular complexity index is 1440. The molecule has 0 spiro atoms. The van der Waals surface area contributed by atoms with Crippen molar-refractivity contribution >= 4 is 21.6 Å². The Morgan fingerprint density at radius 1 is 0.889 bits per heavy atom. The molecule has 0 fully saturated rings. The Morgan fingerprint density at radius 3 is 2.11 bits per heavy atom. The first kappa shape index (κ1) is 24.7.